The number of benzene rings is 2. The molecule has 2 nitrogen and oxygen atoms in total. The van der Waals surface area contributed by atoms with Gasteiger partial charge < -0.3 is 4.57 Å². The monoisotopic (exact) mass is 394 g/mol. The first-order valence-corrected chi connectivity index (χ1v) is 8.67. The molecule has 0 N–H and O–H groups in total. The van der Waals surface area contributed by atoms with Gasteiger partial charge in [-0.1, -0.05) is 36.0 Å². The smallest absolute Gasteiger partial charge is 0.169 e. The van der Waals surface area contributed by atoms with Crippen LogP contribution in [0.3, 0.4) is 0 Å². The first-order valence-electron chi connectivity index (χ1n) is 6.60. The van der Waals surface area contributed by atoms with E-state index in [0.29, 0.717) is 0 Å². The number of nitrogens with zero attached hydrogens (tertiary/aromatic N) is 2. The molecular weight excluding hydrogens is 379 g/mol. The Hall–Kier alpha value is -1.01. The van der Waals surface area contributed by atoms with Crippen LogP contribution < -0.4 is 0 Å². The van der Waals surface area contributed by atoms with Crippen molar-refractivity contribution in [3.8, 4) is 0 Å². The second-order valence-corrected chi connectivity index (χ2v) is 6.73. The van der Waals surface area contributed by atoms with E-state index in [1.54, 1.807) is 11.8 Å². The van der Waals surface area contributed by atoms with Crippen LogP contribution in [0.25, 0.3) is 11.0 Å². The highest BCUT2D eigenvalue weighted by Crippen LogP contribution is 2.26. The minimum absolute atomic E-state index is 0.954. The number of aromatic nitrogens is 2. The zero-order chi connectivity index (χ0) is 13.9. The van der Waals surface area contributed by atoms with Crippen molar-refractivity contribution in [2.45, 2.75) is 24.4 Å². The lowest BCUT2D eigenvalue weighted by Crippen LogP contribution is -1.96. The fraction of sp³-hybridized carbons (Fsp3) is 0.188. The molecule has 20 heavy (non-hydrogen) atoms. The summed E-state index contributed by atoms with van der Waals surface area (Å²) in [7, 11) is 0. The summed E-state index contributed by atoms with van der Waals surface area (Å²) in [5.41, 5.74) is 3.64. The van der Waals surface area contributed by atoms with E-state index in [4.69, 9.17) is 4.98 Å². The van der Waals surface area contributed by atoms with Gasteiger partial charge in [0.1, 0.15) is 0 Å². The van der Waals surface area contributed by atoms with Crippen molar-refractivity contribution >= 4 is 45.4 Å². The van der Waals surface area contributed by atoms with Crippen LogP contribution in [-0.2, 0) is 12.3 Å². The zero-order valence-electron chi connectivity index (χ0n) is 11.2. The van der Waals surface area contributed by atoms with Gasteiger partial charge in [0.2, 0.25) is 0 Å². The number of hydrogen-bond donors (Lipinski definition) is 0. The second-order valence-electron chi connectivity index (χ2n) is 4.54. The average molecular weight is 394 g/mol. The number of fused-ring (bicyclic) bond motifs is 1. The van der Waals surface area contributed by atoms with E-state index in [9.17, 15) is 0 Å². The molecule has 1 aromatic heterocycles. The summed E-state index contributed by atoms with van der Waals surface area (Å²) in [6, 6.07) is 17.0. The van der Waals surface area contributed by atoms with E-state index in [1.807, 2.05) is 6.07 Å². The maximum Gasteiger partial charge on any atom is 0.169 e. The van der Waals surface area contributed by atoms with Gasteiger partial charge in [-0.25, -0.2) is 4.98 Å². The van der Waals surface area contributed by atoms with Gasteiger partial charge in [-0.05, 0) is 59.3 Å². The van der Waals surface area contributed by atoms with Crippen LogP contribution in [0.4, 0.5) is 0 Å². The minimum atomic E-state index is 0.954. The fourth-order valence-corrected chi connectivity index (χ4v) is 3.59. The Morgan fingerprint density at radius 2 is 1.85 bits per heavy atom. The normalized spacial score (nSPS) is 11.1. The standard InChI is InChI=1S/C16H15IN2S/c1-2-19-15-6-4-3-5-14(15)18-16(19)20-11-12-7-9-13(17)10-8-12/h3-10H,2,11H2,1H3. The van der Waals surface area contributed by atoms with Gasteiger partial charge in [-0.3, -0.25) is 0 Å². The molecule has 1 heterocycles. The van der Waals surface area contributed by atoms with Gasteiger partial charge in [0, 0.05) is 15.9 Å². The van der Waals surface area contributed by atoms with Crippen molar-refractivity contribution in [2.24, 2.45) is 0 Å². The van der Waals surface area contributed by atoms with Gasteiger partial charge in [0.05, 0.1) is 11.0 Å². The molecule has 3 rings (SSSR count). The lowest BCUT2D eigenvalue weighted by atomic mass is 10.2. The summed E-state index contributed by atoms with van der Waals surface area (Å²) in [5, 5.41) is 1.10. The molecule has 0 atom stereocenters. The number of hydrogen-bond acceptors (Lipinski definition) is 2. The number of thioether (sulfide) groups is 1. The molecule has 0 aliphatic carbocycles. The Bertz CT molecular complexity index is 719. The van der Waals surface area contributed by atoms with Crippen LogP contribution >= 0.6 is 34.4 Å². The molecule has 2 aromatic carbocycles. The largest absolute Gasteiger partial charge is 0.319 e. The number of halogens is 1. The summed E-state index contributed by atoms with van der Waals surface area (Å²) in [6.07, 6.45) is 0. The molecule has 102 valence electrons. The topological polar surface area (TPSA) is 17.8 Å². The summed E-state index contributed by atoms with van der Waals surface area (Å²) in [6.45, 7) is 3.12. The van der Waals surface area contributed by atoms with Crippen LogP contribution in [0.5, 0.6) is 0 Å². The SMILES string of the molecule is CCn1c(SCc2ccc(I)cc2)nc2ccccc21. The molecule has 0 fully saturated rings. The van der Waals surface area contributed by atoms with Crippen molar-refractivity contribution < 1.29 is 0 Å². The van der Waals surface area contributed by atoms with Crippen LogP contribution in [0.1, 0.15) is 12.5 Å². The van der Waals surface area contributed by atoms with E-state index >= 15 is 0 Å². The first-order chi connectivity index (χ1) is 9.78. The third kappa shape index (κ3) is 2.86. The average Bonchev–Trinajstić information content (AvgIpc) is 2.84. The number of imidazole rings is 1. The highest BCUT2D eigenvalue weighted by molar-refractivity contribution is 14.1. The molecular formula is C16H15IN2S. The minimum Gasteiger partial charge on any atom is -0.319 e. The van der Waals surface area contributed by atoms with Crippen molar-refractivity contribution in [2.75, 3.05) is 0 Å². The molecule has 0 aliphatic rings. The summed E-state index contributed by atoms with van der Waals surface area (Å²) in [4.78, 5) is 4.74. The Morgan fingerprint density at radius 1 is 1.10 bits per heavy atom. The molecule has 0 radical (unpaired) electrons. The maximum atomic E-state index is 4.74. The second kappa shape index (κ2) is 6.18. The van der Waals surface area contributed by atoms with E-state index < -0.39 is 0 Å². The Kier molecular flexibility index (Phi) is 4.31. The van der Waals surface area contributed by atoms with Gasteiger partial charge in [0.25, 0.3) is 0 Å². The third-order valence-electron chi connectivity index (χ3n) is 3.22. The lowest BCUT2D eigenvalue weighted by molar-refractivity contribution is 0.702. The van der Waals surface area contributed by atoms with E-state index in [2.05, 4.69) is 76.5 Å². The van der Waals surface area contributed by atoms with E-state index in [1.165, 1.54) is 14.7 Å². The molecule has 0 spiro atoms. The van der Waals surface area contributed by atoms with Crippen molar-refractivity contribution in [1.82, 2.24) is 9.55 Å². The van der Waals surface area contributed by atoms with Gasteiger partial charge in [-0.2, -0.15) is 0 Å². The molecule has 0 bridgehead atoms. The molecule has 4 heteroatoms. The summed E-state index contributed by atoms with van der Waals surface area (Å²) < 4.78 is 3.56. The first kappa shape index (κ1) is 13.9. The van der Waals surface area contributed by atoms with Crippen molar-refractivity contribution in [1.29, 1.82) is 0 Å². The fourth-order valence-electron chi connectivity index (χ4n) is 2.20. The van der Waals surface area contributed by atoms with E-state index in [-0.39, 0.29) is 0 Å². The molecule has 0 saturated carbocycles. The van der Waals surface area contributed by atoms with Gasteiger partial charge >= 0.3 is 0 Å². The van der Waals surface area contributed by atoms with Crippen LogP contribution in [0, 0.1) is 3.57 Å². The zero-order valence-corrected chi connectivity index (χ0v) is 14.2. The van der Waals surface area contributed by atoms with Gasteiger partial charge in [0.15, 0.2) is 5.16 Å². The lowest BCUT2D eigenvalue weighted by Gasteiger charge is -2.05. The highest BCUT2D eigenvalue weighted by atomic mass is 127. The van der Waals surface area contributed by atoms with Crippen molar-refractivity contribution in [3.63, 3.8) is 0 Å². The van der Waals surface area contributed by atoms with E-state index in [0.717, 1.165) is 23.0 Å². The third-order valence-corrected chi connectivity index (χ3v) is 4.98. The van der Waals surface area contributed by atoms with Crippen LogP contribution in [-0.4, -0.2) is 9.55 Å². The van der Waals surface area contributed by atoms with Crippen molar-refractivity contribution in [3.05, 3.63) is 57.7 Å². The van der Waals surface area contributed by atoms with Crippen LogP contribution in [0.15, 0.2) is 53.7 Å². The number of aryl methyl sites for hydroxylation is 1. The molecule has 3 aromatic rings. The van der Waals surface area contributed by atoms with Gasteiger partial charge in [-0.15, -0.1) is 0 Å². The molecule has 0 saturated heterocycles. The predicted octanol–water partition coefficient (Wildman–Crippen LogP) is 4.95. The molecule has 0 unspecified atom stereocenters. The quantitative estimate of drug-likeness (QED) is 0.460. The maximum absolute atomic E-state index is 4.74. The molecule has 0 amide bonds. The Labute approximate surface area is 136 Å². The highest BCUT2D eigenvalue weighted by Gasteiger charge is 2.09. The Morgan fingerprint density at radius 3 is 2.60 bits per heavy atom. The summed E-state index contributed by atoms with van der Waals surface area (Å²) >= 11 is 4.14. The Balaban J connectivity index is 1.85. The summed E-state index contributed by atoms with van der Waals surface area (Å²) in [5.74, 6) is 0.959. The number of rotatable bonds is 4. The predicted molar refractivity (Wildman–Crippen MR) is 94.1 cm³/mol. The van der Waals surface area contributed by atoms with Crippen LogP contribution in [0.2, 0.25) is 0 Å². The molecule has 0 aliphatic heterocycles. The number of para-hydroxylation sites is 2.